The molecule has 2 fully saturated rings. The van der Waals surface area contributed by atoms with E-state index in [9.17, 15) is 18.0 Å². The fourth-order valence-corrected chi connectivity index (χ4v) is 3.67. The van der Waals surface area contributed by atoms with Gasteiger partial charge in [0.15, 0.2) is 17.5 Å². The molecule has 166 valence electrons. The van der Waals surface area contributed by atoms with Crippen LogP contribution in [0.2, 0.25) is 0 Å². The van der Waals surface area contributed by atoms with Crippen LogP contribution in [0.15, 0.2) is 24.5 Å². The first kappa shape index (κ1) is 21.2. The molecular formula is C20H24F3N7O. The second-order valence-electron chi connectivity index (χ2n) is 7.65. The van der Waals surface area contributed by atoms with Crippen LogP contribution in [0.1, 0.15) is 0 Å². The van der Waals surface area contributed by atoms with Crippen LogP contribution < -0.4 is 15.1 Å². The lowest BCUT2D eigenvalue weighted by molar-refractivity contribution is 0.208. The van der Waals surface area contributed by atoms with Gasteiger partial charge in [-0.3, -0.25) is 0 Å². The fourth-order valence-electron chi connectivity index (χ4n) is 3.67. The SMILES string of the molecule is CN1CCN(c2cc(N3CCN(C(=O)Nc4ccc(F)c(F)c4F)CC3)ncn2)CC1. The number of amides is 2. The van der Waals surface area contributed by atoms with E-state index in [1.807, 2.05) is 6.07 Å². The number of carbonyl (C=O) groups excluding carboxylic acids is 1. The molecule has 0 saturated carbocycles. The Bertz CT molecular complexity index is 944. The van der Waals surface area contributed by atoms with Crippen molar-refractivity contribution in [2.75, 3.05) is 74.5 Å². The maximum absolute atomic E-state index is 13.8. The number of halogens is 3. The van der Waals surface area contributed by atoms with Gasteiger partial charge < -0.3 is 24.9 Å². The molecule has 2 saturated heterocycles. The van der Waals surface area contributed by atoms with Crippen molar-refractivity contribution in [3.63, 3.8) is 0 Å². The average molecular weight is 435 g/mol. The Labute approximate surface area is 178 Å². The average Bonchev–Trinajstić information content (AvgIpc) is 2.80. The lowest BCUT2D eigenvalue weighted by Gasteiger charge is -2.36. The molecule has 11 heteroatoms. The topological polar surface area (TPSA) is 67.8 Å². The number of benzene rings is 1. The summed E-state index contributed by atoms with van der Waals surface area (Å²) >= 11 is 0. The molecule has 1 aromatic carbocycles. The van der Waals surface area contributed by atoms with Crippen LogP contribution in [0.25, 0.3) is 0 Å². The smallest absolute Gasteiger partial charge is 0.322 e. The molecule has 31 heavy (non-hydrogen) atoms. The molecule has 0 spiro atoms. The molecule has 1 N–H and O–H groups in total. The van der Waals surface area contributed by atoms with Crippen LogP contribution >= 0.6 is 0 Å². The molecule has 8 nitrogen and oxygen atoms in total. The number of piperazine rings is 2. The summed E-state index contributed by atoms with van der Waals surface area (Å²) < 4.78 is 40.2. The standard InChI is InChI=1S/C20H24F3N7O/c1-27-4-6-28(7-5-27)16-12-17(25-13-24-16)29-8-10-30(11-9-29)20(31)26-15-3-2-14(21)18(22)19(15)23/h2-3,12-13H,4-11H2,1H3,(H,26,31). The number of likely N-dealkylation sites (N-methyl/N-ethyl adjacent to an activating group) is 1. The van der Waals surface area contributed by atoms with E-state index in [4.69, 9.17) is 0 Å². The highest BCUT2D eigenvalue weighted by molar-refractivity contribution is 5.89. The molecule has 0 aliphatic carbocycles. The molecule has 2 amide bonds. The summed E-state index contributed by atoms with van der Waals surface area (Å²) in [5.41, 5.74) is -0.390. The first-order chi connectivity index (χ1) is 14.9. The van der Waals surface area contributed by atoms with Gasteiger partial charge in [0.1, 0.15) is 18.0 Å². The first-order valence-corrected chi connectivity index (χ1v) is 10.1. The van der Waals surface area contributed by atoms with Crippen LogP contribution in [-0.4, -0.2) is 85.2 Å². The summed E-state index contributed by atoms with van der Waals surface area (Å²) in [6.45, 7) is 5.59. The lowest BCUT2D eigenvalue weighted by Crippen LogP contribution is -2.50. The Hall–Kier alpha value is -3.08. The van der Waals surface area contributed by atoms with Gasteiger partial charge >= 0.3 is 6.03 Å². The minimum atomic E-state index is -1.61. The largest absolute Gasteiger partial charge is 0.354 e. The molecule has 2 aliphatic rings. The quantitative estimate of drug-likeness (QED) is 0.744. The summed E-state index contributed by atoms with van der Waals surface area (Å²) in [6, 6.07) is 3.17. The maximum atomic E-state index is 13.8. The number of urea groups is 1. The number of hydrogen-bond acceptors (Lipinski definition) is 6. The van der Waals surface area contributed by atoms with Gasteiger partial charge in [-0.25, -0.2) is 27.9 Å². The minimum absolute atomic E-state index is 0.380. The van der Waals surface area contributed by atoms with E-state index in [0.29, 0.717) is 26.2 Å². The van der Waals surface area contributed by atoms with Gasteiger partial charge in [0.2, 0.25) is 0 Å². The van der Waals surface area contributed by atoms with Crippen molar-refractivity contribution in [3.8, 4) is 0 Å². The van der Waals surface area contributed by atoms with Crippen molar-refractivity contribution < 1.29 is 18.0 Å². The number of nitrogens with one attached hydrogen (secondary N) is 1. The van der Waals surface area contributed by atoms with Crippen LogP contribution in [0, 0.1) is 17.5 Å². The van der Waals surface area contributed by atoms with E-state index in [-0.39, 0.29) is 5.69 Å². The molecule has 2 aromatic rings. The Balaban J connectivity index is 1.35. The van der Waals surface area contributed by atoms with Crippen molar-refractivity contribution in [1.29, 1.82) is 0 Å². The molecule has 0 bridgehead atoms. The lowest BCUT2D eigenvalue weighted by atomic mass is 10.2. The van der Waals surface area contributed by atoms with Crippen molar-refractivity contribution in [2.24, 2.45) is 0 Å². The number of hydrogen-bond donors (Lipinski definition) is 1. The Morgan fingerprint density at radius 3 is 2.06 bits per heavy atom. The van der Waals surface area contributed by atoms with E-state index < -0.39 is 23.5 Å². The molecule has 1 aromatic heterocycles. The van der Waals surface area contributed by atoms with Crippen molar-refractivity contribution in [3.05, 3.63) is 42.0 Å². The van der Waals surface area contributed by atoms with Crippen molar-refractivity contribution in [1.82, 2.24) is 19.8 Å². The van der Waals surface area contributed by atoms with E-state index in [1.165, 1.54) is 4.90 Å². The molecule has 3 heterocycles. The van der Waals surface area contributed by atoms with Gasteiger partial charge in [0, 0.05) is 58.4 Å². The van der Waals surface area contributed by atoms with Gasteiger partial charge in [0.05, 0.1) is 5.69 Å². The van der Waals surface area contributed by atoms with Gasteiger partial charge in [0.25, 0.3) is 0 Å². The van der Waals surface area contributed by atoms with Gasteiger partial charge in [-0.1, -0.05) is 0 Å². The van der Waals surface area contributed by atoms with Crippen molar-refractivity contribution in [2.45, 2.75) is 0 Å². The van der Waals surface area contributed by atoms with Gasteiger partial charge in [-0.2, -0.15) is 0 Å². The van der Waals surface area contributed by atoms with Crippen molar-refractivity contribution >= 4 is 23.4 Å². The first-order valence-electron chi connectivity index (χ1n) is 10.1. The Morgan fingerprint density at radius 1 is 0.871 bits per heavy atom. The fraction of sp³-hybridized carbons (Fsp3) is 0.450. The third-order valence-electron chi connectivity index (χ3n) is 5.63. The summed E-state index contributed by atoms with van der Waals surface area (Å²) in [4.78, 5) is 29.3. The predicted octanol–water partition coefficient (Wildman–Crippen LogP) is 2.00. The number of aromatic nitrogens is 2. The molecular weight excluding hydrogens is 411 g/mol. The third-order valence-corrected chi connectivity index (χ3v) is 5.63. The second-order valence-corrected chi connectivity index (χ2v) is 7.65. The monoisotopic (exact) mass is 435 g/mol. The summed E-state index contributed by atoms with van der Waals surface area (Å²) in [5, 5.41) is 2.31. The molecule has 0 unspecified atom stereocenters. The van der Waals surface area contributed by atoms with Crippen LogP contribution in [0.4, 0.5) is 35.3 Å². The molecule has 4 rings (SSSR count). The number of nitrogens with zero attached hydrogens (tertiary/aromatic N) is 6. The molecule has 0 atom stereocenters. The highest BCUT2D eigenvalue weighted by atomic mass is 19.2. The zero-order chi connectivity index (χ0) is 22.0. The van der Waals surface area contributed by atoms with Crippen LogP contribution in [-0.2, 0) is 0 Å². The minimum Gasteiger partial charge on any atom is -0.354 e. The predicted molar refractivity (Wildman–Crippen MR) is 111 cm³/mol. The van der Waals surface area contributed by atoms with E-state index in [1.54, 1.807) is 6.33 Å². The third kappa shape index (κ3) is 4.66. The number of carbonyl (C=O) groups is 1. The summed E-state index contributed by atoms with van der Waals surface area (Å²) in [6.07, 6.45) is 1.55. The Morgan fingerprint density at radius 2 is 1.45 bits per heavy atom. The van der Waals surface area contributed by atoms with E-state index in [2.05, 4.69) is 37.0 Å². The highest BCUT2D eigenvalue weighted by Crippen LogP contribution is 2.22. The molecule has 2 aliphatic heterocycles. The van der Waals surface area contributed by atoms with Crippen LogP contribution in [0.3, 0.4) is 0 Å². The normalized spacial score (nSPS) is 17.7. The summed E-state index contributed by atoms with van der Waals surface area (Å²) in [5.74, 6) is -2.65. The van der Waals surface area contributed by atoms with E-state index >= 15 is 0 Å². The summed E-state index contributed by atoms with van der Waals surface area (Å²) in [7, 11) is 2.10. The zero-order valence-corrected chi connectivity index (χ0v) is 17.2. The van der Waals surface area contributed by atoms with Crippen LogP contribution in [0.5, 0.6) is 0 Å². The molecule has 0 radical (unpaired) electrons. The zero-order valence-electron chi connectivity index (χ0n) is 17.2. The highest BCUT2D eigenvalue weighted by Gasteiger charge is 2.24. The van der Waals surface area contributed by atoms with Gasteiger partial charge in [-0.15, -0.1) is 0 Å². The van der Waals surface area contributed by atoms with Gasteiger partial charge in [-0.05, 0) is 19.2 Å². The van der Waals surface area contributed by atoms with E-state index in [0.717, 1.165) is 49.9 Å². The number of anilines is 3. The maximum Gasteiger partial charge on any atom is 0.322 e. The Kier molecular flexibility index (Phi) is 6.12. The second kappa shape index (κ2) is 8.96. The number of rotatable bonds is 3.